The van der Waals surface area contributed by atoms with Crippen molar-refractivity contribution in [3.8, 4) is 0 Å². The largest absolute Gasteiger partial charge is 0.481 e. The number of hydrogen-bond donors (Lipinski definition) is 1. The summed E-state index contributed by atoms with van der Waals surface area (Å²) in [6, 6.07) is 0. The molecule has 0 radical (unpaired) electrons. The minimum atomic E-state index is -3.51. The van der Waals surface area contributed by atoms with Gasteiger partial charge in [0.05, 0.1) is 5.75 Å². The maximum atomic E-state index is 10.2. The van der Waals surface area contributed by atoms with Gasteiger partial charge >= 0.3 is 5.97 Å². The molecular formula is C4H8Cl2O4S. The van der Waals surface area contributed by atoms with Gasteiger partial charge in [-0.25, -0.2) is 8.42 Å². The molecule has 0 rings (SSSR count). The summed E-state index contributed by atoms with van der Waals surface area (Å²) in [6.07, 6.45) is -0.0902. The smallest absolute Gasteiger partial charge is 0.303 e. The van der Waals surface area contributed by atoms with E-state index in [-0.39, 0.29) is 31.0 Å². The Morgan fingerprint density at radius 3 is 2.18 bits per heavy atom. The van der Waals surface area contributed by atoms with Gasteiger partial charge in [-0.3, -0.25) is 4.79 Å². The van der Waals surface area contributed by atoms with Gasteiger partial charge in [0, 0.05) is 17.1 Å². The van der Waals surface area contributed by atoms with Crippen LogP contribution < -0.4 is 0 Å². The van der Waals surface area contributed by atoms with E-state index in [9.17, 15) is 13.2 Å². The van der Waals surface area contributed by atoms with Crippen LogP contribution >= 0.6 is 23.1 Å². The maximum Gasteiger partial charge on any atom is 0.303 e. The second kappa shape index (κ2) is 5.62. The molecule has 1 N–H and O–H groups in total. The van der Waals surface area contributed by atoms with E-state index in [1.807, 2.05) is 0 Å². The van der Waals surface area contributed by atoms with Crippen molar-refractivity contribution < 1.29 is 18.3 Å². The lowest BCUT2D eigenvalue weighted by molar-refractivity contribution is -0.137. The zero-order chi connectivity index (χ0) is 8.20. The molecule has 11 heavy (non-hydrogen) atoms. The summed E-state index contributed by atoms with van der Waals surface area (Å²) in [4.78, 5) is 9.85. The van der Waals surface area contributed by atoms with Gasteiger partial charge < -0.3 is 5.11 Å². The fraction of sp³-hybridized carbons (Fsp3) is 0.750. The van der Waals surface area contributed by atoms with Crippen LogP contribution in [0.1, 0.15) is 12.8 Å². The molecule has 0 aromatic heterocycles. The van der Waals surface area contributed by atoms with Gasteiger partial charge in [0.15, 0.2) is 0 Å². The van der Waals surface area contributed by atoms with Crippen LogP contribution in [0.3, 0.4) is 0 Å². The summed E-state index contributed by atoms with van der Waals surface area (Å²) in [6.45, 7) is 0. The number of rotatable bonds is 4. The van der Waals surface area contributed by atoms with E-state index in [0.29, 0.717) is 0 Å². The number of aliphatic carboxylic acids is 1. The van der Waals surface area contributed by atoms with Crippen molar-refractivity contribution in [2.24, 2.45) is 0 Å². The Labute approximate surface area is 75.4 Å². The highest BCUT2D eigenvalue weighted by molar-refractivity contribution is 8.13. The number of halogens is 2. The molecule has 68 valence electrons. The summed E-state index contributed by atoms with van der Waals surface area (Å²) in [5.74, 6) is -1.29. The molecule has 0 spiro atoms. The molecule has 0 saturated heterocycles. The molecule has 0 bridgehead atoms. The minimum Gasteiger partial charge on any atom is -0.481 e. The average molecular weight is 223 g/mol. The Balaban J connectivity index is 0. The maximum absolute atomic E-state index is 10.2. The second-order valence-corrected chi connectivity index (χ2v) is 4.64. The van der Waals surface area contributed by atoms with E-state index in [2.05, 4.69) is 0 Å². The van der Waals surface area contributed by atoms with Gasteiger partial charge in [0.1, 0.15) is 0 Å². The van der Waals surface area contributed by atoms with Crippen LogP contribution in [0.5, 0.6) is 0 Å². The van der Waals surface area contributed by atoms with Crippen LogP contribution in [0.15, 0.2) is 0 Å². The highest BCUT2D eigenvalue weighted by Crippen LogP contribution is 2.00. The molecule has 0 unspecified atom stereocenters. The van der Waals surface area contributed by atoms with E-state index < -0.39 is 15.0 Å². The summed E-state index contributed by atoms with van der Waals surface area (Å²) < 4.78 is 20.4. The Morgan fingerprint density at radius 2 is 1.91 bits per heavy atom. The van der Waals surface area contributed by atoms with Crippen LogP contribution in [-0.2, 0) is 13.8 Å². The summed E-state index contributed by atoms with van der Waals surface area (Å²) >= 11 is 0. The number of carboxylic acids is 1. The van der Waals surface area contributed by atoms with Crippen molar-refractivity contribution in [2.75, 3.05) is 5.75 Å². The first-order valence-electron chi connectivity index (χ1n) is 2.56. The average Bonchev–Trinajstić information content (AvgIpc) is 1.59. The molecule has 0 aliphatic rings. The van der Waals surface area contributed by atoms with E-state index in [1.54, 1.807) is 0 Å². The Kier molecular flexibility index (Phi) is 6.94. The zero-order valence-corrected chi connectivity index (χ0v) is 7.88. The predicted octanol–water partition coefficient (Wildman–Crippen LogP) is 0.842. The highest BCUT2D eigenvalue weighted by Gasteiger charge is 2.05. The third kappa shape index (κ3) is 13.1. The van der Waals surface area contributed by atoms with E-state index >= 15 is 0 Å². The molecule has 0 aromatic rings. The quantitative estimate of drug-likeness (QED) is 0.717. The first-order valence-corrected chi connectivity index (χ1v) is 5.04. The number of hydrogen-bond acceptors (Lipinski definition) is 3. The Hall–Kier alpha value is -0.000000000000000111. The normalized spacial score (nSPS) is 10.3. The van der Waals surface area contributed by atoms with Crippen LogP contribution in [0.2, 0.25) is 0 Å². The molecule has 7 heteroatoms. The van der Waals surface area contributed by atoms with Crippen molar-refractivity contribution in [3.05, 3.63) is 0 Å². The van der Waals surface area contributed by atoms with Crippen molar-refractivity contribution in [1.29, 1.82) is 0 Å². The minimum absolute atomic E-state index is 0. The van der Waals surface area contributed by atoms with Crippen molar-refractivity contribution >= 4 is 38.1 Å². The van der Waals surface area contributed by atoms with E-state index in [1.165, 1.54) is 0 Å². The predicted molar refractivity (Wildman–Crippen MR) is 43.8 cm³/mol. The first-order chi connectivity index (χ1) is 4.42. The summed E-state index contributed by atoms with van der Waals surface area (Å²) in [5.41, 5.74) is 0. The Morgan fingerprint density at radius 1 is 1.45 bits per heavy atom. The molecular weight excluding hydrogens is 215 g/mol. The van der Waals surface area contributed by atoms with Gasteiger partial charge in [-0.15, -0.1) is 12.4 Å². The molecule has 0 atom stereocenters. The van der Waals surface area contributed by atoms with Crippen molar-refractivity contribution in [3.63, 3.8) is 0 Å². The molecule has 0 fully saturated rings. The van der Waals surface area contributed by atoms with E-state index in [4.69, 9.17) is 15.8 Å². The molecule has 0 aliphatic carbocycles. The topological polar surface area (TPSA) is 71.4 Å². The van der Waals surface area contributed by atoms with Gasteiger partial charge in [-0.1, -0.05) is 0 Å². The van der Waals surface area contributed by atoms with Crippen LogP contribution in [0, 0.1) is 0 Å². The van der Waals surface area contributed by atoms with Gasteiger partial charge in [-0.2, -0.15) is 0 Å². The standard InChI is InChI=1S/C4H7ClO4S.ClH/c5-10(8,9)3-1-2-4(6)7;/h1-3H2,(H,6,7);1H. The highest BCUT2D eigenvalue weighted by atomic mass is 35.7. The SMILES string of the molecule is Cl.O=C(O)CCCS(=O)(=O)Cl. The lowest BCUT2D eigenvalue weighted by atomic mass is 10.3. The lowest BCUT2D eigenvalue weighted by Gasteiger charge is -1.91. The third-order valence-electron chi connectivity index (χ3n) is 0.779. The van der Waals surface area contributed by atoms with Gasteiger partial charge in [-0.05, 0) is 6.42 Å². The van der Waals surface area contributed by atoms with Gasteiger partial charge in [0.2, 0.25) is 9.05 Å². The number of carbonyl (C=O) groups is 1. The molecule has 0 aromatic carbocycles. The third-order valence-corrected chi connectivity index (χ3v) is 2.02. The van der Waals surface area contributed by atoms with Crippen molar-refractivity contribution in [1.82, 2.24) is 0 Å². The molecule has 0 saturated carbocycles. The first kappa shape index (κ1) is 13.6. The van der Waals surface area contributed by atoms with Crippen LogP contribution in [0.4, 0.5) is 0 Å². The Bertz CT molecular complexity index is 210. The van der Waals surface area contributed by atoms with Crippen LogP contribution in [-0.4, -0.2) is 25.2 Å². The second-order valence-electron chi connectivity index (χ2n) is 1.74. The lowest BCUT2D eigenvalue weighted by Crippen LogP contribution is -2.01. The fourth-order valence-electron chi connectivity index (χ4n) is 0.396. The summed E-state index contributed by atoms with van der Waals surface area (Å²) in [5, 5.41) is 8.07. The van der Waals surface area contributed by atoms with Gasteiger partial charge in [0.25, 0.3) is 0 Å². The monoisotopic (exact) mass is 222 g/mol. The molecule has 0 amide bonds. The fourth-order valence-corrected chi connectivity index (χ4v) is 1.21. The zero-order valence-electron chi connectivity index (χ0n) is 5.49. The van der Waals surface area contributed by atoms with Crippen LogP contribution in [0.25, 0.3) is 0 Å². The van der Waals surface area contributed by atoms with Crippen molar-refractivity contribution in [2.45, 2.75) is 12.8 Å². The molecule has 0 aliphatic heterocycles. The molecule has 4 nitrogen and oxygen atoms in total. The summed E-state index contributed by atoms with van der Waals surface area (Å²) in [7, 11) is 1.29. The number of carboxylic acid groups (broad SMARTS) is 1. The molecule has 0 heterocycles. The van der Waals surface area contributed by atoms with E-state index in [0.717, 1.165) is 0 Å².